The summed E-state index contributed by atoms with van der Waals surface area (Å²) >= 11 is 0. The first-order valence-corrected chi connectivity index (χ1v) is 6.56. The van der Waals surface area contributed by atoms with Crippen LogP contribution in [-0.2, 0) is 0 Å². The first kappa shape index (κ1) is 14.8. The van der Waals surface area contributed by atoms with Crippen LogP contribution in [0, 0.1) is 6.92 Å². The van der Waals surface area contributed by atoms with Crippen LogP contribution in [0.1, 0.15) is 26.3 Å². The highest BCUT2D eigenvalue weighted by atomic mass is 16.4. The molecule has 0 aliphatic carbocycles. The Balaban J connectivity index is 2.44. The highest BCUT2D eigenvalue weighted by Crippen LogP contribution is 2.25. The van der Waals surface area contributed by atoms with Gasteiger partial charge in [0.05, 0.1) is 5.56 Å². The van der Waals surface area contributed by atoms with Crippen LogP contribution >= 0.6 is 0 Å². The van der Waals surface area contributed by atoms with Gasteiger partial charge in [0, 0.05) is 19.7 Å². The number of nitrogens with zero attached hydrogens (tertiary/aromatic N) is 1. The van der Waals surface area contributed by atoms with E-state index in [1.807, 2.05) is 13.0 Å². The van der Waals surface area contributed by atoms with Gasteiger partial charge < -0.3 is 10.0 Å². The van der Waals surface area contributed by atoms with E-state index >= 15 is 0 Å². The lowest BCUT2D eigenvalue weighted by Crippen LogP contribution is -2.21. The minimum absolute atomic E-state index is 0.0797. The molecule has 0 saturated heterocycles. The molecule has 0 fully saturated rings. The molecule has 0 atom stereocenters. The number of aryl methyl sites for hydroxylation is 1. The molecule has 0 saturated carbocycles. The van der Waals surface area contributed by atoms with Crippen molar-refractivity contribution in [1.29, 1.82) is 0 Å². The largest absolute Gasteiger partial charge is 0.478 e. The number of benzene rings is 2. The van der Waals surface area contributed by atoms with Gasteiger partial charge in [0.2, 0.25) is 0 Å². The predicted molar refractivity (Wildman–Crippen MR) is 81.6 cm³/mol. The molecular formula is C17H17NO3. The monoisotopic (exact) mass is 283 g/mol. The summed E-state index contributed by atoms with van der Waals surface area (Å²) in [4.78, 5) is 24.7. The number of rotatable bonds is 3. The third-order valence-corrected chi connectivity index (χ3v) is 3.25. The maximum atomic E-state index is 11.8. The van der Waals surface area contributed by atoms with Crippen LogP contribution in [0.4, 0.5) is 0 Å². The lowest BCUT2D eigenvalue weighted by atomic mass is 9.97. The summed E-state index contributed by atoms with van der Waals surface area (Å²) in [5.41, 5.74) is 3.17. The molecule has 2 aromatic rings. The van der Waals surface area contributed by atoms with Crippen LogP contribution < -0.4 is 0 Å². The Morgan fingerprint density at radius 3 is 2.14 bits per heavy atom. The Labute approximate surface area is 123 Å². The topological polar surface area (TPSA) is 57.6 Å². The molecule has 0 aliphatic rings. The standard InChI is InChI=1S/C17H17NO3/c1-11-4-9-14(15(10-11)17(20)21)12-5-7-13(8-6-12)16(19)18(2)3/h4-10H,1-3H3,(H,20,21). The van der Waals surface area contributed by atoms with Gasteiger partial charge in [-0.3, -0.25) is 4.79 Å². The van der Waals surface area contributed by atoms with Gasteiger partial charge in [0.15, 0.2) is 0 Å². The minimum Gasteiger partial charge on any atom is -0.478 e. The number of hydrogen-bond acceptors (Lipinski definition) is 2. The smallest absolute Gasteiger partial charge is 0.336 e. The average Bonchev–Trinajstić information content (AvgIpc) is 2.46. The van der Waals surface area contributed by atoms with Crippen molar-refractivity contribution in [2.75, 3.05) is 14.1 Å². The number of carboxylic acid groups (broad SMARTS) is 1. The van der Waals surface area contributed by atoms with Gasteiger partial charge in [-0.2, -0.15) is 0 Å². The summed E-state index contributed by atoms with van der Waals surface area (Å²) < 4.78 is 0. The third kappa shape index (κ3) is 3.11. The van der Waals surface area contributed by atoms with E-state index in [0.29, 0.717) is 11.1 Å². The molecule has 0 unspecified atom stereocenters. The zero-order chi connectivity index (χ0) is 15.6. The molecule has 1 amide bonds. The highest BCUT2D eigenvalue weighted by Gasteiger charge is 2.13. The molecule has 0 aromatic heterocycles. The van der Waals surface area contributed by atoms with Crippen molar-refractivity contribution in [3.63, 3.8) is 0 Å². The van der Waals surface area contributed by atoms with E-state index in [0.717, 1.165) is 11.1 Å². The van der Waals surface area contributed by atoms with E-state index in [2.05, 4.69) is 0 Å². The number of carbonyl (C=O) groups excluding carboxylic acids is 1. The molecule has 21 heavy (non-hydrogen) atoms. The van der Waals surface area contributed by atoms with Crippen molar-refractivity contribution in [2.24, 2.45) is 0 Å². The Morgan fingerprint density at radius 1 is 1.00 bits per heavy atom. The molecule has 2 aromatic carbocycles. The van der Waals surface area contributed by atoms with Crippen molar-refractivity contribution < 1.29 is 14.7 Å². The summed E-state index contributed by atoms with van der Waals surface area (Å²) in [6.07, 6.45) is 0. The van der Waals surface area contributed by atoms with Gasteiger partial charge in [-0.1, -0.05) is 29.8 Å². The number of amides is 1. The van der Waals surface area contributed by atoms with Crippen molar-refractivity contribution >= 4 is 11.9 Å². The van der Waals surface area contributed by atoms with Crippen molar-refractivity contribution in [2.45, 2.75) is 6.92 Å². The van der Waals surface area contributed by atoms with E-state index in [4.69, 9.17) is 0 Å². The van der Waals surface area contributed by atoms with Crippen LogP contribution in [0.2, 0.25) is 0 Å². The van der Waals surface area contributed by atoms with Gasteiger partial charge in [0.1, 0.15) is 0 Å². The Kier molecular flexibility index (Phi) is 4.08. The highest BCUT2D eigenvalue weighted by molar-refractivity contribution is 5.97. The van der Waals surface area contributed by atoms with E-state index in [1.54, 1.807) is 50.5 Å². The lowest BCUT2D eigenvalue weighted by molar-refractivity contribution is 0.0697. The minimum atomic E-state index is -0.956. The number of hydrogen-bond donors (Lipinski definition) is 1. The van der Waals surface area contributed by atoms with Gasteiger partial charge in [-0.25, -0.2) is 4.79 Å². The molecule has 4 heteroatoms. The van der Waals surface area contributed by atoms with Gasteiger partial charge in [-0.05, 0) is 36.2 Å². The fourth-order valence-corrected chi connectivity index (χ4v) is 2.14. The Bertz CT molecular complexity index is 688. The summed E-state index contributed by atoms with van der Waals surface area (Å²) in [5.74, 6) is -1.04. The summed E-state index contributed by atoms with van der Waals surface area (Å²) in [5, 5.41) is 9.31. The van der Waals surface area contributed by atoms with Crippen LogP contribution in [0.15, 0.2) is 42.5 Å². The average molecular weight is 283 g/mol. The second kappa shape index (κ2) is 5.79. The zero-order valence-corrected chi connectivity index (χ0v) is 12.3. The van der Waals surface area contributed by atoms with Gasteiger partial charge in [-0.15, -0.1) is 0 Å². The quantitative estimate of drug-likeness (QED) is 0.941. The molecule has 0 spiro atoms. The predicted octanol–water partition coefficient (Wildman–Crippen LogP) is 3.06. The molecular weight excluding hydrogens is 266 g/mol. The molecule has 0 aliphatic heterocycles. The van der Waals surface area contributed by atoms with Crippen molar-refractivity contribution in [3.05, 3.63) is 59.2 Å². The molecule has 0 heterocycles. The third-order valence-electron chi connectivity index (χ3n) is 3.25. The summed E-state index contributed by atoms with van der Waals surface area (Å²) in [7, 11) is 3.39. The number of carboxylic acids is 1. The van der Waals surface area contributed by atoms with Crippen molar-refractivity contribution in [1.82, 2.24) is 4.90 Å². The van der Waals surface area contributed by atoms with Crippen molar-refractivity contribution in [3.8, 4) is 11.1 Å². The van der Waals surface area contributed by atoms with E-state index in [-0.39, 0.29) is 11.5 Å². The second-order valence-corrected chi connectivity index (χ2v) is 5.13. The SMILES string of the molecule is Cc1ccc(-c2ccc(C(=O)N(C)C)cc2)c(C(=O)O)c1. The van der Waals surface area contributed by atoms with Crippen LogP contribution in [0.5, 0.6) is 0 Å². The van der Waals surface area contributed by atoms with E-state index in [1.165, 1.54) is 4.90 Å². The van der Waals surface area contributed by atoms with Gasteiger partial charge >= 0.3 is 5.97 Å². The zero-order valence-electron chi connectivity index (χ0n) is 12.3. The summed E-state index contributed by atoms with van der Waals surface area (Å²) in [6, 6.07) is 12.3. The van der Waals surface area contributed by atoms with Crippen LogP contribution in [0.3, 0.4) is 0 Å². The summed E-state index contributed by atoms with van der Waals surface area (Å²) in [6.45, 7) is 1.86. The van der Waals surface area contributed by atoms with Crippen LogP contribution in [0.25, 0.3) is 11.1 Å². The first-order valence-electron chi connectivity index (χ1n) is 6.56. The fourth-order valence-electron chi connectivity index (χ4n) is 2.14. The Morgan fingerprint density at radius 2 is 1.62 bits per heavy atom. The van der Waals surface area contributed by atoms with E-state index < -0.39 is 5.97 Å². The molecule has 0 radical (unpaired) electrons. The maximum Gasteiger partial charge on any atom is 0.336 e. The normalized spacial score (nSPS) is 10.2. The molecule has 1 N–H and O–H groups in total. The molecule has 108 valence electrons. The lowest BCUT2D eigenvalue weighted by Gasteiger charge is -2.11. The maximum absolute atomic E-state index is 11.8. The Hall–Kier alpha value is -2.62. The molecule has 2 rings (SSSR count). The van der Waals surface area contributed by atoms with Gasteiger partial charge in [0.25, 0.3) is 5.91 Å². The van der Waals surface area contributed by atoms with E-state index in [9.17, 15) is 14.7 Å². The first-order chi connectivity index (χ1) is 9.90. The van der Waals surface area contributed by atoms with Crippen LogP contribution in [-0.4, -0.2) is 36.0 Å². The fraction of sp³-hybridized carbons (Fsp3) is 0.176. The second-order valence-electron chi connectivity index (χ2n) is 5.13. The number of aromatic carboxylic acids is 1. The number of carbonyl (C=O) groups is 2. The molecule has 4 nitrogen and oxygen atoms in total. The molecule has 0 bridgehead atoms.